The van der Waals surface area contributed by atoms with Gasteiger partial charge < -0.3 is 12.9 Å². The smallest absolute Gasteiger partial charge is 0.445 e. The quantitative estimate of drug-likeness (QED) is 0.505. The average Bonchev–Trinajstić information content (AvgIpc) is 2.41. The molecule has 0 atom stereocenters. The minimum absolute atomic E-state index is 0.195. The summed E-state index contributed by atoms with van der Waals surface area (Å²) in [6.07, 6.45) is -0.717. The number of alkyl halides is 2. The summed E-state index contributed by atoms with van der Waals surface area (Å²) in [6, 6.07) is 3.00. The molecule has 0 heterocycles. The molecule has 0 aromatic heterocycles. The van der Waals surface area contributed by atoms with Gasteiger partial charge in [0.05, 0.1) is 0 Å². The molecule has 0 nitrogen and oxygen atoms in total. The Bertz CT molecular complexity index is 396. The number of hydrogen-bond acceptors (Lipinski definition) is 0. The van der Waals surface area contributed by atoms with E-state index in [2.05, 4.69) is 0 Å². The summed E-state index contributed by atoms with van der Waals surface area (Å²) in [4.78, 5) is 0. The molecule has 0 spiro atoms. The third-order valence-electron chi connectivity index (χ3n) is 2.65. The van der Waals surface area contributed by atoms with Gasteiger partial charge in [0.1, 0.15) is 0 Å². The summed E-state index contributed by atoms with van der Waals surface area (Å²) in [7, 11) is 0. The van der Waals surface area contributed by atoms with Gasteiger partial charge in [0.25, 0.3) is 5.92 Å². The molecule has 15 heavy (non-hydrogen) atoms. The molecule has 0 saturated carbocycles. The van der Waals surface area contributed by atoms with Crippen LogP contribution >= 0.6 is 0 Å². The fraction of sp³-hybridized carbons (Fsp3) is 0.333. The van der Waals surface area contributed by atoms with Gasteiger partial charge in [-0.3, -0.25) is 0 Å². The molecular formula is C9H7BF5-. The van der Waals surface area contributed by atoms with Gasteiger partial charge in [-0.15, -0.1) is 5.46 Å². The highest BCUT2D eigenvalue weighted by Crippen LogP contribution is 2.41. The molecule has 1 aliphatic carbocycles. The molecule has 1 aliphatic rings. The van der Waals surface area contributed by atoms with Gasteiger partial charge in [0.15, 0.2) is 0 Å². The minimum atomic E-state index is -5.20. The van der Waals surface area contributed by atoms with Crippen molar-refractivity contribution >= 4 is 12.4 Å². The first kappa shape index (κ1) is 10.5. The van der Waals surface area contributed by atoms with Gasteiger partial charge in [0.2, 0.25) is 0 Å². The predicted molar refractivity (Wildman–Crippen MR) is 47.4 cm³/mol. The molecule has 2 rings (SSSR count). The molecular weight excluding hydrogens is 214 g/mol. The van der Waals surface area contributed by atoms with E-state index >= 15 is 0 Å². The van der Waals surface area contributed by atoms with Crippen molar-refractivity contribution in [3.8, 4) is 0 Å². The van der Waals surface area contributed by atoms with Gasteiger partial charge in [-0.05, 0) is 6.42 Å². The Morgan fingerprint density at radius 1 is 1.13 bits per heavy atom. The van der Waals surface area contributed by atoms with E-state index < -0.39 is 30.3 Å². The van der Waals surface area contributed by atoms with Crippen molar-refractivity contribution in [1.82, 2.24) is 0 Å². The van der Waals surface area contributed by atoms with Crippen LogP contribution in [-0.2, 0) is 12.3 Å². The molecule has 0 amide bonds. The SMILES string of the molecule is F[B-](F)(F)c1cccc2c1CCC2(F)F. The molecule has 6 heteroatoms. The molecule has 1 aromatic rings. The van der Waals surface area contributed by atoms with Gasteiger partial charge >= 0.3 is 6.98 Å². The average molecular weight is 221 g/mol. The van der Waals surface area contributed by atoms with Crippen LogP contribution in [0.2, 0.25) is 0 Å². The number of rotatable bonds is 1. The van der Waals surface area contributed by atoms with E-state index in [1.807, 2.05) is 0 Å². The topological polar surface area (TPSA) is 0 Å². The van der Waals surface area contributed by atoms with E-state index in [1.165, 1.54) is 0 Å². The van der Waals surface area contributed by atoms with Gasteiger partial charge in [-0.1, -0.05) is 23.8 Å². The Kier molecular flexibility index (Phi) is 2.07. The molecule has 0 N–H and O–H groups in total. The summed E-state index contributed by atoms with van der Waals surface area (Å²) in [5.74, 6) is -3.10. The standard InChI is InChI=1S/C9H7BF5/c11-9(12)5-4-6-7(9)2-1-3-8(6)10(13,14)15/h1-3H,4-5H2/q-1. The largest absolute Gasteiger partial charge is 0.509 e. The summed E-state index contributed by atoms with van der Waals surface area (Å²) in [5, 5.41) is 0. The van der Waals surface area contributed by atoms with E-state index in [4.69, 9.17) is 0 Å². The molecule has 0 saturated heterocycles. The van der Waals surface area contributed by atoms with Crippen LogP contribution in [-0.4, -0.2) is 6.98 Å². The maximum atomic E-state index is 13.1. The van der Waals surface area contributed by atoms with Gasteiger partial charge in [-0.25, -0.2) is 8.78 Å². The van der Waals surface area contributed by atoms with E-state index in [1.54, 1.807) is 0 Å². The van der Waals surface area contributed by atoms with Gasteiger partial charge in [0, 0.05) is 12.0 Å². The van der Waals surface area contributed by atoms with Crippen LogP contribution < -0.4 is 5.46 Å². The Hall–Kier alpha value is -1.07. The van der Waals surface area contributed by atoms with E-state index in [-0.39, 0.29) is 12.0 Å². The first-order chi connectivity index (χ1) is 6.82. The van der Waals surface area contributed by atoms with Crippen molar-refractivity contribution in [3.63, 3.8) is 0 Å². The van der Waals surface area contributed by atoms with E-state index in [0.29, 0.717) is 0 Å². The van der Waals surface area contributed by atoms with Crippen molar-refractivity contribution in [3.05, 3.63) is 29.3 Å². The summed E-state index contributed by atoms with van der Waals surface area (Å²) in [5.41, 5.74) is -1.56. The number of fused-ring (bicyclic) bond motifs is 1. The number of benzene rings is 1. The van der Waals surface area contributed by atoms with Crippen molar-refractivity contribution < 1.29 is 21.7 Å². The summed E-state index contributed by atoms with van der Waals surface area (Å²) in [6.45, 7) is -5.20. The molecule has 0 bridgehead atoms. The van der Waals surface area contributed by atoms with Crippen molar-refractivity contribution in [2.75, 3.05) is 0 Å². The highest BCUT2D eigenvalue weighted by Gasteiger charge is 2.42. The summed E-state index contributed by atoms with van der Waals surface area (Å²) >= 11 is 0. The second-order valence-electron chi connectivity index (χ2n) is 3.65. The Morgan fingerprint density at radius 2 is 1.80 bits per heavy atom. The Labute approximate surface area is 83.2 Å². The monoisotopic (exact) mass is 221 g/mol. The Balaban J connectivity index is 2.60. The van der Waals surface area contributed by atoms with E-state index in [0.717, 1.165) is 18.2 Å². The fourth-order valence-corrected chi connectivity index (χ4v) is 1.95. The maximum absolute atomic E-state index is 13.1. The molecule has 82 valence electrons. The zero-order valence-corrected chi connectivity index (χ0v) is 7.61. The van der Waals surface area contributed by atoms with Crippen LogP contribution in [0.25, 0.3) is 0 Å². The lowest BCUT2D eigenvalue weighted by molar-refractivity contribution is -0.00183. The third kappa shape index (κ3) is 1.62. The van der Waals surface area contributed by atoms with E-state index in [9.17, 15) is 21.7 Å². The third-order valence-corrected chi connectivity index (χ3v) is 2.65. The van der Waals surface area contributed by atoms with Crippen LogP contribution in [0.4, 0.5) is 21.7 Å². The molecule has 0 fully saturated rings. The molecule has 0 unspecified atom stereocenters. The normalized spacial score (nSPS) is 19.0. The lowest BCUT2D eigenvalue weighted by Gasteiger charge is -2.19. The van der Waals surface area contributed by atoms with Crippen LogP contribution in [0, 0.1) is 0 Å². The Morgan fingerprint density at radius 3 is 2.40 bits per heavy atom. The molecule has 0 aliphatic heterocycles. The summed E-state index contributed by atoms with van der Waals surface area (Å²) < 4.78 is 63.8. The highest BCUT2D eigenvalue weighted by atomic mass is 19.4. The minimum Gasteiger partial charge on any atom is -0.445 e. The molecule has 1 aromatic carbocycles. The highest BCUT2D eigenvalue weighted by molar-refractivity contribution is 6.74. The second-order valence-corrected chi connectivity index (χ2v) is 3.65. The maximum Gasteiger partial charge on any atom is 0.509 e. The van der Waals surface area contributed by atoms with Crippen LogP contribution in [0.5, 0.6) is 0 Å². The van der Waals surface area contributed by atoms with Crippen molar-refractivity contribution in [2.24, 2.45) is 0 Å². The zero-order valence-electron chi connectivity index (χ0n) is 7.61. The van der Waals surface area contributed by atoms with Gasteiger partial charge in [-0.2, -0.15) is 0 Å². The van der Waals surface area contributed by atoms with Crippen LogP contribution in [0.1, 0.15) is 17.5 Å². The van der Waals surface area contributed by atoms with Crippen LogP contribution in [0.3, 0.4) is 0 Å². The fourth-order valence-electron chi connectivity index (χ4n) is 1.95. The van der Waals surface area contributed by atoms with Crippen molar-refractivity contribution in [2.45, 2.75) is 18.8 Å². The number of hydrogen-bond donors (Lipinski definition) is 0. The lowest BCUT2D eigenvalue weighted by Crippen LogP contribution is -2.37. The first-order valence-corrected chi connectivity index (χ1v) is 4.52. The molecule has 0 radical (unpaired) electrons. The lowest BCUT2D eigenvalue weighted by atomic mass is 9.76. The predicted octanol–water partition coefficient (Wildman–Crippen LogP) is 2.78. The van der Waals surface area contributed by atoms with Crippen LogP contribution in [0.15, 0.2) is 18.2 Å². The second kappa shape index (κ2) is 2.96. The van der Waals surface area contributed by atoms with Crippen molar-refractivity contribution in [1.29, 1.82) is 0 Å². The number of halogens is 5. The zero-order chi connectivity index (χ0) is 11.3. The first-order valence-electron chi connectivity index (χ1n) is 4.52.